The van der Waals surface area contributed by atoms with Gasteiger partial charge in [0.15, 0.2) is 5.82 Å². The van der Waals surface area contributed by atoms with Gasteiger partial charge in [0.1, 0.15) is 25.3 Å². The van der Waals surface area contributed by atoms with E-state index in [1.54, 1.807) is 58.4 Å². The number of fused-ring (bicyclic) bond motifs is 2. The van der Waals surface area contributed by atoms with Crippen molar-refractivity contribution in [2.24, 2.45) is 18.4 Å². The number of likely N-dealkylation sites (tertiary alicyclic amines) is 2. The first kappa shape index (κ1) is 65.5. The molecule has 7 heterocycles. The Morgan fingerprint density at radius 2 is 1.53 bits per heavy atom. The number of ether oxygens (including phenoxy) is 5. The Balaban J connectivity index is 0.634. The van der Waals surface area contributed by atoms with Crippen LogP contribution in [0.25, 0.3) is 21.6 Å². The maximum atomic E-state index is 14.8. The Morgan fingerprint density at radius 3 is 2.15 bits per heavy atom. The Bertz CT molecular complexity index is 3180. The number of anilines is 2. The maximum absolute atomic E-state index is 14.8. The summed E-state index contributed by atoms with van der Waals surface area (Å²) in [6.45, 7) is 11.9. The number of nitrogens with one attached hydrogen (secondary N) is 3. The van der Waals surface area contributed by atoms with Crippen molar-refractivity contribution in [3.05, 3.63) is 87.9 Å². The van der Waals surface area contributed by atoms with Gasteiger partial charge in [0, 0.05) is 107 Å². The first-order chi connectivity index (χ1) is 42.4. The quantitative estimate of drug-likeness (QED) is 0.0458. The van der Waals surface area contributed by atoms with E-state index in [4.69, 9.17) is 28.8 Å². The van der Waals surface area contributed by atoms with Gasteiger partial charge >= 0.3 is 6.03 Å². The standard InChI is InChI=1S/C62H84F2N12O11S/c1-40-55(88-39-67-40)43-11-9-41(10-12-43)31-66-59(80)52-28-42(36-77)33-75(52)60(81)56(62(2,3)4)69-53(78)37-86-26-24-84-22-20-83-21-23-85-25-27-87-38-54(79)72-17-13-46(14-18-72)76-50-15-19-73(61(82)65-5)35-49(50)58(70-76)74-16-7-8-44-29-47(45-32-68-71(6)34-45)48(57(63)64)30-51(44)74/h9-12,29-30,32,34,39,42,46,52,56-57,77H,7-8,13-28,31,33,35-38H2,1-6H3,(H,65,82)(H,66,80)(H,69,78)/t42?,52-,56+/m0/s1. The van der Waals surface area contributed by atoms with E-state index in [0.717, 1.165) is 51.4 Å². The summed E-state index contributed by atoms with van der Waals surface area (Å²) in [6.07, 6.45) is 4.36. The van der Waals surface area contributed by atoms with E-state index in [2.05, 4.69) is 30.7 Å². The molecule has 2 aromatic carbocycles. The maximum Gasteiger partial charge on any atom is 0.317 e. The van der Waals surface area contributed by atoms with Crippen LogP contribution in [0.5, 0.6) is 0 Å². The number of halogens is 2. The third-order valence-corrected chi connectivity index (χ3v) is 17.6. The van der Waals surface area contributed by atoms with Crippen LogP contribution in [0.2, 0.25) is 0 Å². The lowest BCUT2D eigenvalue weighted by Crippen LogP contribution is -2.58. The Kier molecular flexibility index (Phi) is 22.7. The Labute approximate surface area is 516 Å². The SMILES string of the molecule is CNC(=O)N1CCc2c(c(N3CCCc4cc(-c5cnn(C)c5)c(C(F)F)cc43)nn2C2CCN(C(=O)COCCOCCOCCOCCOCC(=O)N[C@H](C(=O)N3CC(CO)C[C@H]3C(=O)NCc3ccc(-c4scnc4C)cc3)C(C)(C)C)CC2)C1. The number of urea groups is 1. The molecule has 478 valence electrons. The van der Waals surface area contributed by atoms with Crippen molar-refractivity contribution >= 4 is 52.5 Å². The minimum Gasteiger partial charge on any atom is -0.396 e. The summed E-state index contributed by atoms with van der Waals surface area (Å²) in [5.74, 6) is -0.948. The van der Waals surface area contributed by atoms with Crippen LogP contribution in [0.3, 0.4) is 0 Å². The highest BCUT2D eigenvalue weighted by molar-refractivity contribution is 7.13. The van der Waals surface area contributed by atoms with Gasteiger partial charge in [-0.25, -0.2) is 18.6 Å². The van der Waals surface area contributed by atoms with Crippen LogP contribution in [0, 0.1) is 18.3 Å². The second kappa shape index (κ2) is 30.5. The molecule has 4 aliphatic rings. The fourth-order valence-electron chi connectivity index (χ4n) is 11.9. The number of aromatic nitrogens is 5. The number of thiazole rings is 1. The Morgan fingerprint density at radius 1 is 0.852 bits per heavy atom. The highest BCUT2D eigenvalue weighted by Gasteiger charge is 2.45. The average molecular weight is 1240 g/mol. The van der Waals surface area contributed by atoms with Gasteiger partial charge in [0.05, 0.1) is 87.7 Å². The van der Waals surface area contributed by atoms with Crippen LogP contribution in [-0.4, -0.2) is 199 Å². The minimum absolute atomic E-state index is 0.00761. The molecular formula is C62H84F2N12O11S. The third-order valence-electron chi connectivity index (χ3n) is 16.6. The highest BCUT2D eigenvalue weighted by Crippen LogP contribution is 2.44. The number of aliphatic hydroxyl groups excluding tert-OH is 1. The molecule has 2 fully saturated rings. The van der Waals surface area contributed by atoms with Crippen LogP contribution in [0.1, 0.15) is 92.6 Å². The van der Waals surface area contributed by atoms with Crippen LogP contribution < -0.4 is 20.9 Å². The molecule has 3 aromatic heterocycles. The normalized spacial score (nSPS) is 17.5. The number of hydrogen-bond acceptors (Lipinski definition) is 16. The molecule has 4 aliphatic heterocycles. The molecule has 3 atom stereocenters. The van der Waals surface area contributed by atoms with Crippen LogP contribution in [0.4, 0.5) is 25.1 Å². The lowest BCUT2D eigenvalue weighted by Gasteiger charge is -2.35. The summed E-state index contributed by atoms with van der Waals surface area (Å²) in [4.78, 5) is 79.5. The fraction of sp³-hybridized carbons (Fsp3) is 0.581. The van der Waals surface area contributed by atoms with E-state index in [-0.39, 0.29) is 101 Å². The topological polar surface area (TPSA) is 249 Å². The van der Waals surface area contributed by atoms with Crippen molar-refractivity contribution in [1.82, 2.24) is 55.2 Å². The van der Waals surface area contributed by atoms with Gasteiger partial charge in [0.2, 0.25) is 23.6 Å². The molecule has 0 spiro atoms. The predicted molar refractivity (Wildman–Crippen MR) is 325 cm³/mol. The molecule has 88 heavy (non-hydrogen) atoms. The summed E-state index contributed by atoms with van der Waals surface area (Å²) < 4.78 is 61.3. The number of alkyl halides is 2. The molecular weight excluding hydrogens is 1160 g/mol. The Hall–Kier alpha value is -6.94. The van der Waals surface area contributed by atoms with Gasteiger partial charge < -0.3 is 64.3 Å². The van der Waals surface area contributed by atoms with Crippen molar-refractivity contribution < 1.29 is 61.5 Å². The zero-order valence-corrected chi connectivity index (χ0v) is 52.1. The summed E-state index contributed by atoms with van der Waals surface area (Å²) in [5, 5.41) is 28.1. The second-order valence-electron chi connectivity index (χ2n) is 23.8. The van der Waals surface area contributed by atoms with Gasteiger partial charge in [0.25, 0.3) is 6.43 Å². The summed E-state index contributed by atoms with van der Waals surface area (Å²) in [7, 11) is 3.36. The zero-order valence-electron chi connectivity index (χ0n) is 51.3. The molecule has 5 aromatic rings. The van der Waals surface area contributed by atoms with Gasteiger partial charge in [-0.3, -0.25) is 28.5 Å². The second-order valence-corrected chi connectivity index (χ2v) is 24.7. The van der Waals surface area contributed by atoms with Crippen molar-refractivity contribution in [2.45, 2.75) is 104 Å². The molecule has 26 heteroatoms. The van der Waals surface area contributed by atoms with Gasteiger partial charge in [-0.2, -0.15) is 10.2 Å². The first-order valence-corrected chi connectivity index (χ1v) is 31.2. The average Bonchev–Trinajstić information content (AvgIpc) is 1.72. The number of amides is 6. The van der Waals surface area contributed by atoms with E-state index >= 15 is 0 Å². The van der Waals surface area contributed by atoms with Gasteiger partial charge in [-0.05, 0) is 78.8 Å². The fourth-order valence-corrected chi connectivity index (χ4v) is 12.7. The van der Waals surface area contributed by atoms with E-state index in [9.17, 15) is 37.9 Å². The first-order valence-electron chi connectivity index (χ1n) is 30.3. The molecule has 1 unspecified atom stereocenters. The van der Waals surface area contributed by atoms with Crippen LogP contribution in [0.15, 0.2) is 54.3 Å². The molecule has 0 aliphatic carbocycles. The highest BCUT2D eigenvalue weighted by atomic mass is 32.1. The van der Waals surface area contributed by atoms with Crippen molar-refractivity contribution in [3.8, 4) is 21.6 Å². The van der Waals surface area contributed by atoms with E-state index in [1.165, 1.54) is 4.90 Å². The number of nitrogens with zero attached hydrogens (tertiary/aromatic N) is 9. The van der Waals surface area contributed by atoms with Crippen molar-refractivity contribution in [3.63, 3.8) is 0 Å². The van der Waals surface area contributed by atoms with E-state index in [1.807, 2.05) is 68.4 Å². The molecule has 6 amide bonds. The lowest BCUT2D eigenvalue weighted by atomic mass is 9.85. The number of hydrogen-bond donors (Lipinski definition) is 4. The van der Waals surface area contributed by atoms with Crippen LogP contribution >= 0.6 is 11.3 Å². The number of aryl methyl sites for hydroxylation is 3. The molecule has 0 saturated carbocycles. The van der Waals surface area contributed by atoms with Gasteiger partial charge in [-0.15, -0.1) is 11.3 Å². The lowest BCUT2D eigenvalue weighted by molar-refractivity contribution is -0.144. The van der Waals surface area contributed by atoms with Gasteiger partial charge in [-0.1, -0.05) is 45.0 Å². The smallest absolute Gasteiger partial charge is 0.317 e. The van der Waals surface area contributed by atoms with Crippen LogP contribution in [-0.2, 0) is 75.8 Å². The van der Waals surface area contributed by atoms with E-state index < -0.39 is 35.7 Å². The minimum atomic E-state index is -2.71. The molecule has 23 nitrogen and oxygen atoms in total. The molecule has 2 saturated heterocycles. The number of benzene rings is 2. The summed E-state index contributed by atoms with van der Waals surface area (Å²) in [5.41, 5.74) is 8.61. The summed E-state index contributed by atoms with van der Waals surface area (Å²) in [6, 6.07) is 9.38. The number of carbonyl (C=O) groups excluding carboxylic acids is 5. The molecule has 4 N–H and O–H groups in total. The number of aliphatic hydroxyl groups is 1. The van der Waals surface area contributed by atoms with Crippen molar-refractivity contribution in [1.29, 1.82) is 0 Å². The molecule has 9 rings (SSSR count). The zero-order chi connectivity index (χ0) is 62.5. The molecule has 0 bridgehead atoms. The summed E-state index contributed by atoms with van der Waals surface area (Å²) >= 11 is 1.57. The van der Waals surface area contributed by atoms with E-state index in [0.29, 0.717) is 101 Å². The van der Waals surface area contributed by atoms with Crippen molar-refractivity contribution in [2.75, 3.05) is 117 Å². The third kappa shape index (κ3) is 16.3. The largest absolute Gasteiger partial charge is 0.396 e. The number of piperidine rings is 1. The monoisotopic (exact) mass is 1240 g/mol. The molecule has 0 radical (unpaired) electrons. The number of carbonyl (C=O) groups is 5. The predicted octanol–water partition coefficient (Wildman–Crippen LogP) is 5.74. The number of rotatable bonds is 27.